The molecule has 0 N–H and O–H groups in total. The van der Waals surface area contributed by atoms with Crippen molar-refractivity contribution in [3.63, 3.8) is 0 Å². The first-order valence-corrected chi connectivity index (χ1v) is 9.16. The lowest BCUT2D eigenvalue weighted by Crippen LogP contribution is -2.02. The van der Waals surface area contributed by atoms with Crippen LogP contribution >= 0.6 is 8.38 Å². The second-order valence-corrected chi connectivity index (χ2v) is 7.53. The Labute approximate surface area is 135 Å². The van der Waals surface area contributed by atoms with Crippen molar-refractivity contribution in [3.8, 4) is 11.5 Å². The van der Waals surface area contributed by atoms with E-state index in [0.717, 1.165) is 24.1 Å². The third kappa shape index (κ3) is 5.69. The van der Waals surface area contributed by atoms with Gasteiger partial charge in [0, 0.05) is 6.16 Å². The van der Waals surface area contributed by atoms with Crippen LogP contribution in [0.2, 0.25) is 0 Å². The summed E-state index contributed by atoms with van der Waals surface area (Å²) in [6.45, 7) is 8.61. The van der Waals surface area contributed by atoms with Gasteiger partial charge in [0.2, 0.25) is 0 Å². The summed E-state index contributed by atoms with van der Waals surface area (Å²) in [5, 5.41) is 0. The smallest absolute Gasteiger partial charge is 0.290 e. The summed E-state index contributed by atoms with van der Waals surface area (Å²) >= 11 is 0. The summed E-state index contributed by atoms with van der Waals surface area (Å²) in [6.07, 6.45) is 2.04. The van der Waals surface area contributed by atoms with Crippen LogP contribution in [0.1, 0.15) is 31.4 Å². The molecular weight excluding hydrogens is 291 g/mol. The lowest BCUT2D eigenvalue weighted by Gasteiger charge is -2.19. The third-order valence-corrected chi connectivity index (χ3v) is 4.80. The Bertz CT molecular complexity index is 513. The number of hydrogen-bond acceptors (Lipinski definition) is 2. The van der Waals surface area contributed by atoms with Gasteiger partial charge in [0.05, 0.1) is 0 Å². The minimum atomic E-state index is -0.965. The molecule has 0 heterocycles. The molecule has 2 aromatic rings. The SMILES string of the molecule is Cc1ccc(OP(CCC(C)C)Oc2ccc(C)cc2)cc1. The minimum absolute atomic E-state index is 0.647. The van der Waals surface area contributed by atoms with Crippen molar-refractivity contribution < 1.29 is 9.05 Å². The molecule has 0 unspecified atom stereocenters. The van der Waals surface area contributed by atoms with Gasteiger partial charge in [-0.3, -0.25) is 0 Å². The van der Waals surface area contributed by atoms with E-state index in [9.17, 15) is 0 Å². The fourth-order valence-corrected chi connectivity index (χ4v) is 3.57. The maximum atomic E-state index is 6.10. The number of aryl methyl sites for hydroxylation is 2. The largest absolute Gasteiger partial charge is 0.439 e. The standard InChI is InChI=1S/C19H25O2P/c1-15(2)13-14-22(20-18-9-5-16(3)6-10-18)21-19-11-7-17(4)8-12-19/h5-12,15H,13-14H2,1-4H3. The van der Waals surface area contributed by atoms with Crippen LogP contribution in [-0.4, -0.2) is 6.16 Å². The summed E-state index contributed by atoms with van der Waals surface area (Å²) in [5.41, 5.74) is 2.47. The summed E-state index contributed by atoms with van der Waals surface area (Å²) < 4.78 is 12.2. The number of rotatable bonds is 7. The van der Waals surface area contributed by atoms with E-state index in [0.29, 0.717) is 5.92 Å². The molecular formula is C19H25O2P. The molecule has 0 aromatic heterocycles. The van der Waals surface area contributed by atoms with Gasteiger partial charge in [-0.15, -0.1) is 0 Å². The summed E-state index contributed by atoms with van der Waals surface area (Å²) in [7, 11) is -0.965. The van der Waals surface area contributed by atoms with Crippen molar-refractivity contribution in [1.29, 1.82) is 0 Å². The Balaban J connectivity index is 2.04. The van der Waals surface area contributed by atoms with Gasteiger partial charge >= 0.3 is 0 Å². The molecule has 0 aliphatic rings. The molecule has 0 amide bonds. The van der Waals surface area contributed by atoms with E-state index in [1.54, 1.807) is 0 Å². The lowest BCUT2D eigenvalue weighted by molar-refractivity contribution is 0.479. The van der Waals surface area contributed by atoms with E-state index >= 15 is 0 Å². The van der Waals surface area contributed by atoms with Gasteiger partial charge in [-0.2, -0.15) is 0 Å². The van der Waals surface area contributed by atoms with Gasteiger partial charge in [0.1, 0.15) is 11.5 Å². The summed E-state index contributed by atoms with van der Waals surface area (Å²) in [6, 6.07) is 16.3. The van der Waals surface area contributed by atoms with Crippen LogP contribution in [0.15, 0.2) is 48.5 Å². The van der Waals surface area contributed by atoms with Gasteiger partial charge < -0.3 is 9.05 Å². The van der Waals surface area contributed by atoms with E-state index in [-0.39, 0.29) is 0 Å². The zero-order chi connectivity index (χ0) is 15.9. The predicted molar refractivity (Wildman–Crippen MR) is 94.9 cm³/mol. The molecule has 2 nitrogen and oxygen atoms in total. The fraction of sp³-hybridized carbons (Fsp3) is 0.368. The van der Waals surface area contributed by atoms with Crippen molar-refractivity contribution in [1.82, 2.24) is 0 Å². The minimum Gasteiger partial charge on any atom is -0.439 e. The molecule has 0 fully saturated rings. The van der Waals surface area contributed by atoms with Crippen LogP contribution in [-0.2, 0) is 0 Å². The monoisotopic (exact) mass is 316 g/mol. The predicted octanol–water partition coefficient (Wildman–Crippen LogP) is 6.12. The topological polar surface area (TPSA) is 18.5 Å². The first-order valence-electron chi connectivity index (χ1n) is 7.80. The fourth-order valence-electron chi connectivity index (χ4n) is 1.91. The van der Waals surface area contributed by atoms with Crippen LogP contribution < -0.4 is 9.05 Å². The molecule has 0 atom stereocenters. The van der Waals surface area contributed by atoms with Crippen molar-refractivity contribution >= 4 is 8.38 Å². The molecule has 0 aliphatic carbocycles. The number of benzene rings is 2. The van der Waals surface area contributed by atoms with Crippen molar-refractivity contribution in [2.45, 2.75) is 34.1 Å². The highest BCUT2D eigenvalue weighted by Crippen LogP contribution is 2.41. The first-order chi connectivity index (χ1) is 10.5. The maximum absolute atomic E-state index is 6.10. The van der Waals surface area contributed by atoms with Gasteiger partial charge in [-0.05, 0) is 50.5 Å². The van der Waals surface area contributed by atoms with Crippen LogP contribution in [0.5, 0.6) is 11.5 Å². The van der Waals surface area contributed by atoms with Gasteiger partial charge in [-0.25, -0.2) is 0 Å². The Hall–Kier alpha value is -1.53. The molecule has 2 rings (SSSR count). The van der Waals surface area contributed by atoms with E-state index in [1.165, 1.54) is 11.1 Å². The van der Waals surface area contributed by atoms with Crippen molar-refractivity contribution in [3.05, 3.63) is 59.7 Å². The van der Waals surface area contributed by atoms with Gasteiger partial charge in [-0.1, -0.05) is 49.2 Å². The highest BCUT2D eigenvalue weighted by atomic mass is 31.2. The Morgan fingerprint density at radius 1 is 0.773 bits per heavy atom. The third-order valence-electron chi connectivity index (χ3n) is 3.35. The van der Waals surface area contributed by atoms with Crippen LogP contribution in [0.25, 0.3) is 0 Å². The molecule has 2 aromatic carbocycles. The Morgan fingerprint density at radius 2 is 1.18 bits per heavy atom. The molecule has 0 saturated heterocycles. The van der Waals surface area contributed by atoms with E-state index in [4.69, 9.17) is 9.05 Å². The second kappa shape index (κ2) is 8.19. The van der Waals surface area contributed by atoms with Crippen molar-refractivity contribution in [2.24, 2.45) is 5.92 Å². The Morgan fingerprint density at radius 3 is 1.55 bits per heavy atom. The van der Waals surface area contributed by atoms with Crippen LogP contribution in [0, 0.1) is 19.8 Å². The maximum Gasteiger partial charge on any atom is 0.290 e. The number of hydrogen-bond donors (Lipinski definition) is 0. The van der Waals surface area contributed by atoms with Crippen molar-refractivity contribution in [2.75, 3.05) is 6.16 Å². The zero-order valence-electron chi connectivity index (χ0n) is 13.9. The quantitative estimate of drug-likeness (QED) is 0.573. The van der Waals surface area contributed by atoms with Gasteiger partial charge in [0.15, 0.2) is 0 Å². The average molecular weight is 316 g/mol. The second-order valence-electron chi connectivity index (χ2n) is 6.05. The highest BCUT2D eigenvalue weighted by Gasteiger charge is 2.15. The molecule has 0 aliphatic heterocycles. The van der Waals surface area contributed by atoms with Gasteiger partial charge in [0.25, 0.3) is 8.38 Å². The highest BCUT2D eigenvalue weighted by molar-refractivity contribution is 7.48. The summed E-state index contributed by atoms with van der Waals surface area (Å²) in [5.74, 6) is 2.41. The normalized spacial score (nSPS) is 11.0. The molecule has 22 heavy (non-hydrogen) atoms. The molecule has 0 bridgehead atoms. The van der Waals surface area contributed by atoms with E-state index in [2.05, 4.69) is 52.0 Å². The molecule has 3 heteroatoms. The lowest BCUT2D eigenvalue weighted by atomic mass is 10.2. The average Bonchev–Trinajstić information content (AvgIpc) is 2.49. The van der Waals surface area contributed by atoms with E-state index < -0.39 is 8.38 Å². The Kier molecular flexibility index (Phi) is 6.27. The molecule has 118 valence electrons. The summed E-state index contributed by atoms with van der Waals surface area (Å²) in [4.78, 5) is 0. The first kappa shape index (κ1) is 16.8. The molecule has 0 radical (unpaired) electrons. The zero-order valence-corrected chi connectivity index (χ0v) is 14.8. The molecule has 0 spiro atoms. The van der Waals surface area contributed by atoms with Crippen LogP contribution in [0.3, 0.4) is 0 Å². The van der Waals surface area contributed by atoms with Crippen LogP contribution in [0.4, 0.5) is 0 Å². The van der Waals surface area contributed by atoms with E-state index in [1.807, 2.05) is 24.3 Å². The molecule has 0 saturated carbocycles.